The van der Waals surface area contributed by atoms with Gasteiger partial charge in [-0.25, -0.2) is 0 Å². The topological polar surface area (TPSA) is 55.1 Å². The van der Waals surface area contributed by atoms with E-state index in [4.69, 9.17) is 5.73 Å². The van der Waals surface area contributed by atoms with Crippen molar-refractivity contribution in [2.45, 2.75) is 32.1 Å². The van der Waals surface area contributed by atoms with Crippen LogP contribution in [0.25, 0.3) is 0 Å². The number of amides is 1. The second-order valence-corrected chi connectivity index (χ2v) is 5.25. The summed E-state index contributed by atoms with van der Waals surface area (Å²) >= 11 is 0. The number of nitrogens with two attached hydrogens (primary N) is 1. The van der Waals surface area contributed by atoms with Crippen LogP contribution in [0.1, 0.15) is 48.0 Å². The maximum atomic E-state index is 12.2. The van der Waals surface area contributed by atoms with E-state index in [0.29, 0.717) is 12.1 Å². The van der Waals surface area contributed by atoms with Crippen molar-refractivity contribution in [3.8, 4) is 11.8 Å². The van der Waals surface area contributed by atoms with Crippen LogP contribution < -0.4 is 11.1 Å². The fourth-order valence-corrected chi connectivity index (χ4v) is 2.72. The van der Waals surface area contributed by atoms with Crippen molar-refractivity contribution in [3.05, 3.63) is 35.4 Å². The molecule has 3 nitrogen and oxygen atoms in total. The van der Waals surface area contributed by atoms with Crippen LogP contribution >= 0.6 is 0 Å². The van der Waals surface area contributed by atoms with E-state index in [1.54, 1.807) is 0 Å². The van der Waals surface area contributed by atoms with Gasteiger partial charge < -0.3 is 11.1 Å². The molecule has 3 heteroatoms. The molecule has 1 amide bonds. The number of carbonyl (C=O) groups is 1. The highest BCUT2D eigenvalue weighted by Gasteiger charge is 2.15. The maximum absolute atomic E-state index is 12.2. The van der Waals surface area contributed by atoms with E-state index in [1.807, 2.05) is 24.3 Å². The van der Waals surface area contributed by atoms with Crippen molar-refractivity contribution in [1.29, 1.82) is 0 Å². The first kappa shape index (κ1) is 14.6. The quantitative estimate of drug-likeness (QED) is 0.825. The molecule has 1 saturated carbocycles. The molecule has 1 aliphatic rings. The minimum atomic E-state index is -0.0371. The highest BCUT2D eigenvalue weighted by atomic mass is 16.1. The van der Waals surface area contributed by atoms with Crippen molar-refractivity contribution < 1.29 is 4.79 Å². The molecule has 0 bridgehead atoms. The summed E-state index contributed by atoms with van der Waals surface area (Å²) in [5, 5.41) is 3.00. The van der Waals surface area contributed by atoms with Gasteiger partial charge in [-0.2, -0.15) is 0 Å². The van der Waals surface area contributed by atoms with Crippen molar-refractivity contribution >= 4 is 5.91 Å². The number of nitrogens with one attached hydrogen (secondary N) is 1. The Morgan fingerprint density at radius 3 is 2.80 bits per heavy atom. The largest absolute Gasteiger partial charge is 0.352 e. The van der Waals surface area contributed by atoms with Gasteiger partial charge in [0.05, 0.1) is 12.1 Å². The van der Waals surface area contributed by atoms with Crippen LogP contribution in [-0.4, -0.2) is 19.0 Å². The van der Waals surface area contributed by atoms with Gasteiger partial charge in [0.25, 0.3) is 5.91 Å². The molecule has 1 aliphatic carbocycles. The Morgan fingerprint density at radius 2 is 2.05 bits per heavy atom. The molecular formula is C17H22N2O. The standard InChI is InChI=1S/C17H22N2O/c18-12-5-9-15-8-3-4-10-16(15)17(20)19-13-11-14-6-1-2-7-14/h3-4,8,10,14H,1-2,6-7,11-13,18H2,(H,19,20). The minimum absolute atomic E-state index is 0.0371. The van der Waals surface area contributed by atoms with Crippen LogP contribution in [0.4, 0.5) is 0 Å². The van der Waals surface area contributed by atoms with Gasteiger partial charge in [-0.1, -0.05) is 49.7 Å². The first-order chi connectivity index (χ1) is 9.81. The average Bonchev–Trinajstić information content (AvgIpc) is 2.98. The first-order valence-corrected chi connectivity index (χ1v) is 7.37. The average molecular weight is 270 g/mol. The molecule has 0 heterocycles. The monoisotopic (exact) mass is 270 g/mol. The molecule has 0 aromatic heterocycles. The van der Waals surface area contributed by atoms with E-state index in [9.17, 15) is 4.79 Å². The molecule has 0 aliphatic heterocycles. The smallest absolute Gasteiger partial charge is 0.252 e. The van der Waals surface area contributed by atoms with Crippen molar-refractivity contribution in [3.63, 3.8) is 0 Å². The Morgan fingerprint density at radius 1 is 1.30 bits per heavy atom. The Kier molecular flexibility index (Phi) is 5.64. The number of carbonyl (C=O) groups excluding carboxylic acids is 1. The number of benzene rings is 1. The molecule has 0 spiro atoms. The molecule has 1 aromatic rings. The highest BCUT2D eigenvalue weighted by Crippen LogP contribution is 2.26. The van der Waals surface area contributed by atoms with Crippen LogP contribution in [0.15, 0.2) is 24.3 Å². The van der Waals surface area contributed by atoms with Crippen LogP contribution in [0.3, 0.4) is 0 Å². The van der Waals surface area contributed by atoms with Crippen LogP contribution in [-0.2, 0) is 0 Å². The maximum Gasteiger partial charge on any atom is 0.252 e. The Hall–Kier alpha value is -1.79. The Balaban J connectivity index is 1.91. The summed E-state index contributed by atoms with van der Waals surface area (Å²) in [7, 11) is 0. The predicted octanol–water partition coefficient (Wildman–Crippen LogP) is 2.31. The normalized spacial score (nSPS) is 14.7. The zero-order valence-corrected chi connectivity index (χ0v) is 11.8. The highest BCUT2D eigenvalue weighted by molar-refractivity contribution is 5.96. The Labute approximate surface area is 120 Å². The first-order valence-electron chi connectivity index (χ1n) is 7.37. The molecule has 106 valence electrons. The third-order valence-electron chi connectivity index (χ3n) is 3.81. The van der Waals surface area contributed by atoms with E-state index in [0.717, 1.165) is 24.4 Å². The lowest BCUT2D eigenvalue weighted by Crippen LogP contribution is -2.26. The minimum Gasteiger partial charge on any atom is -0.352 e. The van der Waals surface area contributed by atoms with E-state index in [1.165, 1.54) is 25.7 Å². The van der Waals surface area contributed by atoms with Crippen molar-refractivity contribution in [2.24, 2.45) is 11.7 Å². The molecule has 0 saturated heterocycles. The van der Waals surface area contributed by atoms with Crippen molar-refractivity contribution in [2.75, 3.05) is 13.1 Å². The van der Waals surface area contributed by atoms with Crippen LogP contribution in [0.5, 0.6) is 0 Å². The van der Waals surface area contributed by atoms with E-state index in [-0.39, 0.29) is 5.91 Å². The van der Waals surface area contributed by atoms with Crippen LogP contribution in [0, 0.1) is 17.8 Å². The fourth-order valence-electron chi connectivity index (χ4n) is 2.72. The molecule has 0 radical (unpaired) electrons. The van der Waals surface area contributed by atoms with E-state index >= 15 is 0 Å². The molecule has 20 heavy (non-hydrogen) atoms. The summed E-state index contributed by atoms with van der Waals surface area (Å²) in [4.78, 5) is 12.2. The Bertz CT molecular complexity index is 507. The van der Waals surface area contributed by atoms with Gasteiger partial charge in [0.1, 0.15) is 0 Å². The summed E-state index contributed by atoms with van der Waals surface area (Å²) in [6.45, 7) is 1.06. The lowest BCUT2D eigenvalue weighted by Gasteiger charge is -2.10. The summed E-state index contributed by atoms with van der Waals surface area (Å²) in [6.07, 6.45) is 6.40. The second kappa shape index (κ2) is 7.72. The lowest BCUT2D eigenvalue weighted by atomic mass is 10.0. The zero-order chi connectivity index (χ0) is 14.2. The number of rotatable bonds is 4. The third-order valence-corrected chi connectivity index (χ3v) is 3.81. The molecule has 0 atom stereocenters. The van der Waals surface area contributed by atoms with Gasteiger partial charge in [-0.3, -0.25) is 4.79 Å². The molecule has 3 N–H and O–H groups in total. The fraction of sp³-hybridized carbons (Fsp3) is 0.471. The molecular weight excluding hydrogens is 248 g/mol. The van der Waals surface area contributed by atoms with Gasteiger partial charge in [0, 0.05) is 12.1 Å². The third kappa shape index (κ3) is 4.11. The summed E-state index contributed by atoms with van der Waals surface area (Å²) in [5.41, 5.74) is 6.76. The SMILES string of the molecule is NCC#Cc1ccccc1C(=O)NCCC1CCCC1. The van der Waals surface area contributed by atoms with Gasteiger partial charge in [0.15, 0.2) is 0 Å². The summed E-state index contributed by atoms with van der Waals surface area (Å²) in [5.74, 6) is 6.50. The molecule has 1 aromatic carbocycles. The molecule has 1 fully saturated rings. The second-order valence-electron chi connectivity index (χ2n) is 5.25. The summed E-state index contributed by atoms with van der Waals surface area (Å²) < 4.78 is 0. The van der Waals surface area contributed by atoms with E-state index in [2.05, 4.69) is 17.2 Å². The van der Waals surface area contributed by atoms with Gasteiger partial charge in [-0.05, 0) is 24.5 Å². The van der Waals surface area contributed by atoms with Crippen LogP contribution in [0.2, 0.25) is 0 Å². The van der Waals surface area contributed by atoms with Gasteiger partial charge >= 0.3 is 0 Å². The summed E-state index contributed by atoms with van der Waals surface area (Å²) in [6, 6.07) is 7.41. The molecule has 0 unspecified atom stereocenters. The zero-order valence-electron chi connectivity index (χ0n) is 11.8. The predicted molar refractivity (Wildman–Crippen MR) is 81.3 cm³/mol. The van der Waals surface area contributed by atoms with Gasteiger partial charge in [-0.15, -0.1) is 0 Å². The number of hydrogen-bond acceptors (Lipinski definition) is 2. The van der Waals surface area contributed by atoms with Crippen molar-refractivity contribution in [1.82, 2.24) is 5.32 Å². The number of hydrogen-bond donors (Lipinski definition) is 2. The van der Waals surface area contributed by atoms with E-state index < -0.39 is 0 Å². The van der Waals surface area contributed by atoms with Gasteiger partial charge in [0.2, 0.25) is 0 Å². The molecule has 2 rings (SSSR count). The lowest BCUT2D eigenvalue weighted by molar-refractivity contribution is 0.0951.